The van der Waals surface area contributed by atoms with Crippen molar-refractivity contribution in [3.05, 3.63) is 0 Å². The number of aliphatic carboxylic acids is 1. The zero-order chi connectivity index (χ0) is 18.6. The van der Waals surface area contributed by atoms with Crippen molar-refractivity contribution < 1.29 is 70.2 Å². The number of carbonyl (C=O) groups is 2. The van der Waals surface area contributed by atoms with E-state index in [0.29, 0.717) is 11.3 Å². The van der Waals surface area contributed by atoms with E-state index >= 15 is 0 Å². The number of hydrogen-bond acceptors (Lipinski definition) is 4. The van der Waals surface area contributed by atoms with Crippen LogP contribution in [0.5, 0.6) is 0 Å². The van der Waals surface area contributed by atoms with Crippen molar-refractivity contribution in [3.8, 4) is 0 Å². The summed E-state index contributed by atoms with van der Waals surface area (Å²) < 4.78 is 21.6. The zero-order valence-corrected chi connectivity index (χ0v) is 16.9. The Bertz CT molecular complexity index is 421. The quantitative estimate of drug-likeness (QED) is 0.202. The minimum absolute atomic E-state index is 0. The second kappa shape index (κ2) is 15.9. The first-order valence-corrected chi connectivity index (χ1v) is 7.54. The van der Waals surface area contributed by atoms with Gasteiger partial charge in [-0.05, 0) is 6.42 Å². The van der Waals surface area contributed by atoms with Crippen LogP contribution in [0.15, 0.2) is 0 Å². The Morgan fingerprint density at radius 2 is 1.68 bits per heavy atom. The predicted octanol–water partition coefficient (Wildman–Crippen LogP) is -1.75. The second-order valence-corrected chi connectivity index (χ2v) is 5.08. The first-order valence-electron chi connectivity index (χ1n) is 9.04. The molecule has 0 bridgehead atoms. The van der Waals surface area contributed by atoms with Gasteiger partial charge >= 0.3 is 51.4 Å². The third-order valence-corrected chi connectivity index (χ3v) is 3.07. The van der Waals surface area contributed by atoms with E-state index in [1.807, 2.05) is 0 Å². The molecule has 0 radical (unpaired) electrons. The maximum Gasteiger partial charge on any atom is 1.00 e. The minimum Gasteiger partial charge on any atom is -0.548 e. The van der Waals surface area contributed by atoms with Gasteiger partial charge in [-0.1, -0.05) is 51.9 Å². The van der Waals surface area contributed by atoms with Gasteiger partial charge in [0.2, 0.25) is 5.91 Å². The molecule has 1 amide bonds. The first-order chi connectivity index (χ1) is 11.2. The van der Waals surface area contributed by atoms with Crippen molar-refractivity contribution in [2.24, 2.45) is 0 Å². The molecule has 0 unspecified atom stereocenters. The maximum atomic E-state index is 11.7. The maximum absolute atomic E-state index is 11.7. The van der Waals surface area contributed by atoms with Gasteiger partial charge < -0.3 is 14.8 Å². The van der Waals surface area contributed by atoms with Gasteiger partial charge in [-0.2, -0.15) is 0 Å². The van der Waals surface area contributed by atoms with Crippen molar-refractivity contribution in [1.82, 2.24) is 10.2 Å². The summed E-state index contributed by atoms with van der Waals surface area (Å²) >= 11 is 0. The van der Waals surface area contributed by atoms with Crippen LogP contribution in [-0.4, -0.2) is 36.3 Å². The molecule has 0 fully saturated rings. The Morgan fingerprint density at radius 3 is 2.18 bits per heavy atom. The van der Waals surface area contributed by atoms with Crippen LogP contribution in [0.2, 0.25) is 0 Å². The van der Waals surface area contributed by atoms with Crippen molar-refractivity contribution in [1.29, 1.82) is 5.41 Å². The van der Waals surface area contributed by atoms with Gasteiger partial charge in [0.1, 0.15) is 0 Å². The minimum atomic E-state index is -2.83. The van der Waals surface area contributed by atoms with E-state index in [1.54, 1.807) is 0 Å². The van der Waals surface area contributed by atoms with Gasteiger partial charge in [-0.3, -0.25) is 15.5 Å². The molecule has 0 aromatic rings. The third-order valence-electron chi connectivity index (χ3n) is 3.07. The smallest absolute Gasteiger partial charge is 0.548 e. The van der Waals surface area contributed by atoms with E-state index in [0.717, 1.165) is 19.3 Å². The topological polar surface area (TPSA) is 96.3 Å². The fraction of sp³-hybridized carbons (Fsp3) is 0.800. The Labute approximate surface area is 180 Å². The van der Waals surface area contributed by atoms with E-state index in [2.05, 4.69) is 12.2 Å². The number of carbonyl (C=O) groups excluding carboxylic acids is 2. The Hall–Kier alpha value is 0.0464. The SMILES string of the molecule is [2H]C([2H])([2H])N(CC(=O)[O-])C(=N)NC(=O)CCCCCCCCCC.[K+]. The molecule has 2 N–H and O–H groups in total. The number of unbranched alkanes of at least 4 members (excludes halogenated alkanes) is 7. The van der Waals surface area contributed by atoms with Gasteiger partial charge in [0, 0.05) is 17.5 Å². The number of nitrogens with zero attached hydrogens (tertiary/aromatic N) is 1. The molecule has 122 valence electrons. The molecule has 0 spiro atoms. The van der Waals surface area contributed by atoms with Crippen LogP contribution in [0.25, 0.3) is 0 Å². The summed E-state index contributed by atoms with van der Waals surface area (Å²) in [5.74, 6) is -2.87. The van der Waals surface area contributed by atoms with E-state index in [1.165, 1.54) is 25.7 Å². The summed E-state index contributed by atoms with van der Waals surface area (Å²) in [5, 5.41) is 20.3. The molecule has 0 aliphatic rings. The second-order valence-electron chi connectivity index (χ2n) is 5.08. The predicted molar refractivity (Wildman–Crippen MR) is 80.7 cm³/mol. The summed E-state index contributed by atoms with van der Waals surface area (Å²) in [5.41, 5.74) is 0. The van der Waals surface area contributed by atoms with Gasteiger partial charge in [-0.25, -0.2) is 0 Å². The molecule has 0 rings (SSSR count). The number of likely N-dealkylation sites (N-methyl/N-ethyl adjacent to an activating group) is 1. The number of rotatable bonds is 11. The molecule has 0 atom stereocenters. The molecule has 0 aromatic heterocycles. The van der Waals surface area contributed by atoms with E-state index in [-0.39, 0.29) is 57.8 Å². The average molecular weight is 341 g/mol. The summed E-state index contributed by atoms with van der Waals surface area (Å²) in [6.07, 6.45) is 8.79. The standard InChI is InChI=1S/C15H29N3O3.K/c1-3-4-5-6-7-8-9-10-11-13(19)17-15(16)18(2)12-14(20)21;/h3-12H2,1-2H3,(H,20,21)(H2,16,17,19);/q;+1/p-1/i2D3;. The summed E-state index contributed by atoms with van der Waals surface area (Å²) in [6.45, 7) is -1.65. The molecule has 22 heavy (non-hydrogen) atoms. The Kier molecular flexibility index (Phi) is 13.3. The number of nitrogens with one attached hydrogen (secondary N) is 2. The number of carboxylic acids is 1. The molecule has 7 heteroatoms. The van der Waals surface area contributed by atoms with Crippen LogP contribution in [-0.2, 0) is 9.59 Å². The summed E-state index contributed by atoms with van der Waals surface area (Å²) in [7, 11) is 0. The van der Waals surface area contributed by atoms with Crippen LogP contribution in [0.3, 0.4) is 0 Å². The van der Waals surface area contributed by atoms with Crippen LogP contribution >= 0.6 is 0 Å². The van der Waals surface area contributed by atoms with Crippen LogP contribution in [0.1, 0.15) is 68.8 Å². The van der Waals surface area contributed by atoms with E-state index < -0.39 is 31.4 Å². The fourth-order valence-electron chi connectivity index (χ4n) is 1.89. The first kappa shape index (κ1) is 18.4. The monoisotopic (exact) mass is 340 g/mol. The summed E-state index contributed by atoms with van der Waals surface area (Å²) in [4.78, 5) is 22.6. The van der Waals surface area contributed by atoms with Gasteiger partial charge in [0.05, 0.1) is 12.5 Å². The molecule has 6 nitrogen and oxygen atoms in total. The van der Waals surface area contributed by atoms with Crippen LogP contribution in [0.4, 0.5) is 0 Å². The molecule has 0 saturated carbocycles. The molecule has 0 saturated heterocycles. The van der Waals surface area contributed by atoms with Gasteiger partial charge in [-0.15, -0.1) is 0 Å². The van der Waals surface area contributed by atoms with Crippen molar-refractivity contribution in [2.45, 2.75) is 64.7 Å². The zero-order valence-electron chi connectivity index (χ0n) is 16.7. The average Bonchev–Trinajstić information content (AvgIpc) is 2.46. The molecule has 0 heterocycles. The molecule has 0 aromatic carbocycles. The van der Waals surface area contributed by atoms with Crippen LogP contribution < -0.4 is 61.8 Å². The van der Waals surface area contributed by atoms with Crippen molar-refractivity contribution in [3.63, 3.8) is 0 Å². The Balaban J connectivity index is 0. The molecule has 0 aliphatic carbocycles. The number of amides is 1. The largest absolute Gasteiger partial charge is 1.00 e. The van der Waals surface area contributed by atoms with Gasteiger partial charge in [0.25, 0.3) is 0 Å². The molecular weight excluding hydrogens is 309 g/mol. The Morgan fingerprint density at radius 1 is 1.14 bits per heavy atom. The van der Waals surface area contributed by atoms with E-state index in [9.17, 15) is 14.7 Å². The summed E-state index contributed by atoms with van der Waals surface area (Å²) in [6, 6.07) is 0. The normalized spacial score (nSPS) is 12.3. The third kappa shape index (κ3) is 15.0. The number of hydrogen-bond donors (Lipinski definition) is 2. The van der Waals surface area contributed by atoms with Crippen molar-refractivity contribution in [2.75, 3.05) is 13.5 Å². The van der Waals surface area contributed by atoms with Crippen LogP contribution in [0, 0.1) is 5.41 Å². The fourth-order valence-corrected chi connectivity index (χ4v) is 1.89. The van der Waals surface area contributed by atoms with Crippen molar-refractivity contribution >= 4 is 17.8 Å². The van der Waals surface area contributed by atoms with E-state index in [4.69, 9.17) is 9.52 Å². The molecule has 0 aliphatic heterocycles. The molecular formula is C15H28KN3O3. The number of carboxylic acid groups (broad SMARTS) is 1. The van der Waals surface area contributed by atoms with Gasteiger partial charge in [0.15, 0.2) is 5.96 Å². The number of guanidine groups is 1.